The predicted octanol–water partition coefficient (Wildman–Crippen LogP) is 4.05. The van der Waals surface area contributed by atoms with Crippen LogP contribution in [-0.2, 0) is 27.2 Å². The highest BCUT2D eigenvalue weighted by Gasteiger charge is 2.46. The molecule has 2 aliphatic rings. The fourth-order valence-corrected chi connectivity index (χ4v) is 5.14. The Morgan fingerprint density at radius 1 is 1.11 bits per heavy atom. The molecule has 1 saturated heterocycles. The second kappa shape index (κ2) is 12.9. The average Bonchev–Trinajstić information content (AvgIpc) is 2.92. The third-order valence-corrected chi connectivity index (χ3v) is 7.22. The molecule has 1 atom stereocenters. The molecule has 1 aromatic heterocycles. The molecule has 0 radical (unpaired) electrons. The molecule has 0 aliphatic carbocycles. The van der Waals surface area contributed by atoms with Crippen LogP contribution in [0.2, 0.25) is 0 Å². The molecule has 0 bridgehead atoms. The van der Waals surface area contributed by atoms with Crippen LogP contribution in [0.4, 0.5) is 0 Å². The molecule has 7 nitrogen and oxygen atoms in total. The van der Waals surface area contributed by atoms with Crippen LogP contribution < -0.4 is 4.74 Å². The number of benzene rings is 1. The minimum Gasteiger partial charge on any atom is -0.491 e. The van der Waals surface area contributed by atoms with E-state index in [-0.39, 0.29) is 11.8 Å². The Hall–Kier alpha value is -2.93. The molecular weight excluding hydrogens is 454 g/mol. The summed E-state index contributed by atoms with van der Waals surface area (Å²) in [4.78, 5) is 35.1. The van der Waals surface area contributed by atoms with Crippen LogP contribution in [-0.4, -0.2) is 71.6 Å². The number of fused-ring (bicyclic) bond motifs is 1. The molecule has 0 N–H and O–H groups in total. The predicted molar refractivity (Wildman–Crippen MR) is 139 cm³/mol. The number of carbonyl (C=O) groups is 2. The van der Waals surface area contributed by atoms with Gasteiger partial charge in [0, 0.05) is 31.9 Å². The number of morpholine rings is 1. The normalized spacial score (nSPS) is 21.3. The molecule has 7 heteroatoms. The van der Waals surface area contributed by atoms with Gasteiger partial charge in [-0.25, -0.2) is 0 Å². The fourth-order valence-electron chi connectivity index (χ4n) is 5.14. The van der Waals surface area contributed by atoms with E-state index in [9.17, 15) is 9.59 Å². The summed E-state index contributed by atoms with van der Waals surface area (Å²) < 4.78 is 12.4. The van der Waals surface area contributed by atoms with Gasteiger partial charge in [-0.05, 0) is 61.8 Å². The smallest absolute Gasteiger partial charge is 0.256 e. The number of rotatable bonds is 6. The van der Waals surface area contributed by atoms with Gasteiger partial charge in [-0.2, -0.15) is 0 Å². The lowest BCUT2D eigenvalue weighted by molar-refractivity contribution is -0.176. The summed E-state index contributed by atoms with van der Waals surface area (Å²) in [5, 5.41) is 0. The maximum absolute atomic E-state index is 14.0. The summed E-state index contributed by atoms with van der Waals surface area (Å²) in [6, 6.07) is 12.1. The standard InChI is InChI=1S/C29H39N3O4/c1-2-3-17-31-18-20-35-26-12-5-4-10-25(26)11-6-7-15-29(28(31)34)23-32(19-21-36-29)27(33)14-13-24-9-8-16-30-22-24/h4-5,8-10,12,16,22H,2-3,6-7,11,13-15,17-21,23H2,1H3. The third-order valence-electron chi connectivity index (χ3n) is 7.22. The Bertz CT molecular complexity index is 999. The number of hydrogen-bond acceptors (Lipinski definition) is 5. The van der Waals surface area contributed by atoms with Crippen LogP contribution in [0, 0.1) is 0 Å². The van der Waals surface area contributed by atoms with Crippen molar-refractivity contribution in [3.05, 3.63) is 59.9 Å². The Balaban J connectivity index is 1.50. The van der Waals surface area contributed by atoms with E-state index in [1.54, 1.807) is 12.4 Å². The highest BCUT2D eigenvalue weighted by atomic mass is 16.5. The summed E-state index contributed by atoms with van der Waals surface area (Å²) in [7, 11) is 0. The fraction of sp³-hybridized carbons (Fsp3) is 0.552. The van der Waals surface area contributed by atoms with Gasteiger partial charge in [-0.1, -0.05) is 37.6 Å². The molecule has 36 heavy (non-hydrogen) atoms. The molecule has 3 heterocycles. The molecule has 4 rings (SSSR count). The number of hydrogen-bond donors (Lipinski definition) is 0. The van der Waals surface area contributed by atoms with E-state index in [1.165, 1.54) is 5.56 Å². The van der Waals surface area contributed by atoms with Crippen molar-refractivity contribution in [3.63, 3.8) is 0 Å². The lowest BCUT2D eigenvalue weighted by atomic mass is 9.90. The van der Waals surface area contributed by atoms with Gasteiger partial charge in [0.2, 0.25) is 5.91 Å². The topological polar surface area (TPSA) is 72.0 Å². The van der Waals surface area contributed by atoms with Crippen molar-refractivity contribution in [1.29, 1.82) is 0 Å². The van der Waals surface area contributed by atoms with E-state index < -0.39 is 5.60 Å². The largest absolute Gasteiger partial charge is 0.491 e. The first kappa shape index (κ1) is 26.1. The lowest BCUT2D eigenvalue weighted by Crippen LogP contribution is -2.62. The van der Waals surface area contributed by atoms with Crippen molar-refractivity contribution in [2.24, 2.45) is 0 Å². The Morgan fingerprint density at radius 2 is 2.00 bits per heavy atom. The van der Waals surface area contributed by atoms with Crippen molar-refractivity contribution >= 4 is 11.8 Å². The minimum absolute atomic E-state index is 0.00170. The lowest BCUT2D eigenvalue weighted by Gasteiger charge is -2.44. The number of amides is 2. The molecule has 194 valence electrons. The van der Waals surface area contributed by atoms with E-state index in [1.807, 2.05) is 40.1 Å². The third kappa shape index (κ3) is 6.64. The Labute approximate surface area is 214 Å². The maximum atomic E-state index is 14.0. The zero-order chi connectivity index (χ0) is 25.2. The summed E-state index contributed by atoms with van der Waals surface area (Å²) >= 11 is 0. The van der Waals surface area contributed by atoms with Crippen LogP contribution in [0.1, 0.15) is 56.6 Å². The number of carbonyl (C=O) groups excluding carboxylic acids is 2. The number of para-hydroxylation sites is 1. The van der Waals surface area contributed by atoms with Crippen molar-refractivity contribution < 1.29 is 19.1 Å². The monoisotopic (exact) mass is 493 g/mol. The highest BCUT2D eigenvalue weighted by Crippen LogP contribution is 2.30. The van der Waals surface area contributed by atoms with Crippen LogP contribution in [0.15, 0.2) is 48.8 Å². The van der Waals surface area contributed by atoms with Gasteiger partial charge in [0.25, 0.3) is 5.91 Å². The van der Waals surface area contributed by atoms with Gasteiger partial charge >= 0.3 is 0 Å². The highest BCUT2D eigenvalue weighted by molar-refractivity contribution is 5.87. The van der Waals surface area contributed by atoms with Crippen molar-refractivity contribution in [2.45, 2.75) is 63.9 Å². The van der Waals surface area contributed by atoms with Crippen LogP contribution in [0.25, 0.3) is 0 Å². The maximum Gasteiger partial charge on any atom is 0.256 e. The Morgan fingerprint density at radius 3 is 2.83 bits per heavy atom. The Kier molecular flexibility index (Phi) is 9.34. The van der Waals surface area contributed by atoms with E-state index in [0.29, 0.717) is 58.7 Å². The second-order valence-corrected chi connectivity index (χ2v) is 9.83. The van der Waals surface area contributed by atoms with Gasteiger partial charge in [0.15, 0.2) is 5.60 Å². The van der Waals surface area contributed by atoms with E-state index >= 15 is 0 Å². The van der Waals surface area contributed by atoms with Gasteiger partial charge in [0.1, 0.15) is 12.4 Å². The quantitative estimate of drug-likeness (QED) is 0.607. The van der Waals surface area contributed by atoms with Crippen molar-refractivity contribution in [3.8, 4) is 5.75 Å². The van der Waals surface area contributed by atoms with Gasteiger partial charge in [-0.15, -0.1) is 0 Å². The van der Waals surface area contributed by atoms with Gasteiger partial charge in [-0.3, -0.25) is 14.6 Å². The minimum atomic E-state index is -0.991. The van der Waals surface area contributed by atoms with Crippen molar-refractivity contribution in [1.82, 2.24) is 14.8 Å². The first-order chi connectivity index (χ1) is 17.6. The zero-order valence-electron chi connectivity index (χ0n) is 21.5. The van der Waals surface area contributed by atoms with E-state index in [4.69, 9.17) is 9.47 Å². The summed E-state index contributed by atoms with van der Waals surface area (Å²) in [5.41, 5.74) is 1.26. The number of unbranched alkanes of at least 4 members (excludes halogenated alkanes) is 1. The SMILES string of the molecule is CCCCN1CCOc2ccccc2CCCCC2(CN(C(=O)CCc3cccnc3)CCO2)C1=O. The number of aromatic nitrogens is 1. The number of aryl methyl sites for hydroxylation is 2. The molecule has 0 saturated carbocycles. The van der Waals surface area contributed by atoms with Gasteiger partial charge < -0.3 is 19.3 Å². The van der Waals surface area contributed by atoms with Crippen LogP contribution in [0.5, 0.6) is 5.75 Å². The number of nitrogens with zero attached hydrogens (tertiary/aromatic N) is 3. The average molecular weight is 494 g/mol. The molecule has 1 fully saturated rings. The molecule has 2 aliphatic heterocycles. The van der Waals surface area contributed by atoms with Gasteiger partial charge in [0.05, 0.1) is 19.7 Å². The van der Waals surface area contributed by atoms with Crippen molar-refractivity contribution in [2.75, 3.05) is 39.4 Å². The molecule has 1 aromatic carbocycles. The zero-order valence-corrected chi connectivity index (χ0v) is 21.5. The first-order valence-corrected chi connectivity index (χ1v) is 13.4. The molecule has 1 unspecified atom stereocenters. The molecule has 2 aromatic rings. The number of pyridine rings is 1. The summed E-state index contributed by atoms with van der Waals surface area (Å²) in [5.74, 6) is 0.978. The second-order valence-electron chi connectivity index (χ2n) is 9.83. The molecule has 1 spiro atoms. The van der Waals surface area contributed by atoms with E-state index in [2.05, 4.69) is 18.0 Å². The van der Waals surface area contributed by atoms with Crippen LogP contribution in [0.3, 0.4) is 0 Å². The summed E-state index contributed by atoms with van der Waals surface area (Å²) in [6.45, 7) is 4.96. The summed E-state index contributed by atoms with van der Waals surface area (Å²) in [6.07, 6.45) is 9.80. The number of ether oxygens (including phenoxy) is 2. The van der Waals surface area contributed by atoms with E-state index in [0.717, 1.165) is 43.4 Å². The molecule has 2 amide bonds. The first-order valence-electron chi connectivity index (χ1n) is 13.4. The van der Waals surface area contributed by atoms with Crippen LogP contribution >= 0.6 is 0 Å². The molecular formula is C29H39N3O4.